The van der Waals surface area contributed by atoms with Gasteiger partial charge < -0.3 is 9.84 Å². The van der Waals surface area contributed by atoms with Crippen molar-refractivity contribution in [1.29, 1.82) is 5.26 Å². The molecular formula is C16H14N6O3S. The lowest BCUT2D eigenvalue weighted by Crippen LogP contribution is -2.15. The molecule has 0 bridgehead atoms. The van der Waals surface area contributed by atoms with Crippen molar-refractivity contribution in [2.75, 3.05) is 10.0 Å². The fraction of sp³-hybridized carbons (Fsp3) is 0.125. The van der Waals surface area contributed by atoms with Crippen LogP contribution in [0.4, 0.5) is 17.3 Å². The van der Waals surface area contributed by atoms with E-state index in [9.17, 15) is 8.42 Å². The lowest BCUT2D eigenvalue weighted by atomic mass is 10.2. The molecule has 0 saturated carbocycles. The molecule has 0 aliphatic carbocycles. The molecule has 0 spiro atoms. The number of benzene rings is 1. The van der Waals surface area contributed by atoms with Gasteiger partial charge in [0, 0.05) is 5.69 Å². The van der Waals surface area contributed by atoms with Crippen LogP contribution in [-0.4, -0.2) is 23.8 Å². The molecule has 0 amide bonds. The lowest BCUT2D eigenvalue weighted by Gasteiger charge is -2.08. The summed E-state index contributed by atoms with van der Waals surface area (Å²) in [5, 5.41) is 23.3. The Bertz CT molecular complexity index is 1060. The number of aryl methyl sites for hydroxylation is 2. The number of nitrogens with one attached hydrogen (secondary N) is 2. The summed E-state index contributed by atoms with van der Waals surface area (Å²) < 4.78 is 32.1. The standard InChI is InChI=1S/C16H14N6O3S/c1-10-16(11(2)25-21-10)26(23,24)22-15-7-6-14(19-20-15)18-13-5-3-4-12(8-13)9-17/h3-8H,1-2H3,(H,18,19)(H,20,22). The van der Waals surface area contributed by atoms with Crippen molar-refractivity contribution >= 4 is 27.3 Å². The maximum atomic E-state index is 12.4. The second kappa shape index (κ2) is 6.81. The van der Waals surface area contributed by atoms with Crippen LogP contribution in [0.25, 0.3) is 0 Å². The predicted octanol–water partition coefficient (Wildman–Crippen LogP) is 2.50. The third-order valence-electron chi connectivity index (χ3n) is 3.40. The highest BCUT2D eigenvalue weighted by Gasteiger charge is 2.24. The average molecular weight is 370 g/mol. The van der Waals surface area contributed by atoms with E-state index >= 15 is 0 Å². The zero-order valence-corrected chi connectivity index (χ0v) is 14.7. The van der Waals surface area contributed by atoms with Gasteiger partial charge in [0.1, 0.15) is 5.69 Å². The molecule has 9 nitrogen and oxygen atoms in total. The molecule has 0 radical (unpaired) electrons. The Kier molecular flexibility index (Phi) is 4.55. The van der Waals surface area contributed by atoms with Gasteiger partial charge in [-0.15, -0.1) is 10.2 Å². The third kappa shape index (κ3) is 3.62. The number of aromatic nitrogens is 3. The van der Waals surface area contributed by atoms with Gasteiger partial charge in [0.2, 0.25) is 0 Å². The first-order valence-electron chi connectivity index (χ1n) is 7.45. The second-order valence-electron chi connectivity index (χ2n) is 5.38. The van der Waals surface area contributed by atoms with Crippen LogP contribution in [0, 0.1) is 25.2 Å². The summed E-state index contributed by atoms with van der Waals surface area (Å²) in [4.78, 5) is -0.0187. The molecule has 132 valence electrons. The summed E-state index contributed by atoms with van der Waals surface area (Å²) in [6.07, 6.45) is 0. The number of sulfonamides is 1. The van der Waals surface area contributed by atoms with Crippen molar-refractivity contribution in [2.45, 2.75) is 18.7 Å². The van der Waals surface area contributed by atoms with Crippen LogP contribution in [0.5, 0.6) is 0 Å². The molecule has 3 aromatic rings. The van der Waals surface area contributed by atoms with Crippen LogP contribution >= 0.6 is 0 Å². The second-order valence-corrected chi connectivity index (χ2v) is 7.00. The monoisotopic (exact) mass is 370 g/mol. The molecule has 2 N–H and O–H groups in total. The zero-order chi connectivity index (χ0) is 18.7. The first-order chi connectivity index (χ1) is 12.4. The largest absolute Gasteiger partial charge is 0.360 e. The van der Waals surface area contributed by atoms with Gasteiger partial charge >= 0.3 is 0 Å². The van der Waals surface area contributed by atoms with Gasteiger partial charge in [0.25, 0.3) is 10.0 Å². The molecule has 0 aliphatic rings. The summed E-state index contributed by atoms with van der Waals surface area (Å²) >= 11 is 0. The molecule has 26 heavy (non-hydrogen) atoms. The SMILES string of the molecule is Cc1noc(C)c1S(=O)(=O)Nc1ccc(Nc2cccc(C#N)c2)nn1. The number of hydrogen-bond acceptors (Lipinski definition) is 8. The molecule has 2 heterocycles. The fourth-order valence-electron chi connectivity index (χ4n) is 2.31. The topological polar surface area (TPSA) is 134 Å². The molecule has 10 heteroatoms. The molecule has 0 aliphatic heterocycles. The number of rotatable bonds is 5. The van der Waals surface area contributed by atoms with Gasteiger partial charge in [-0.2, -0.15) is 5.26 Å². The highest BCUT2D eigenvalue weighted by atomic mass is 32.2. The van der Waals surface area contributed by atoms with E-state index in [1.807, 2.05) is 6.07 Å². The van der Waals surface area contributed by atoms with Crippen LogP contribution in [0.15, 0.2) is 45.8 Å². The summed E-state index contributed by atoms with van der Waals surface area (Å²) in [6.45, 7) is 3.06. The van der Waals surface area contributed by atoms with Crippen molar-refractivity contribution in [3.8, 4) is 6.07 Å². The lowest BCUT2D eigenvalue weighted by molar-refractivity contribution is 0.390. The van der Waals surface area contributed by atoms with E-state index in [2.05, 4.69) is 25.4 Å². The first-order valence-corrected chi connectivity index (χ1v) is 8.94. The average Bonchev–Trinajstić information content (AvgIpc) is 2.96. The number of nitrogens with zero attached hydrogens (tertiary/aromatic N) is 4. The van der Waals surface area contributed by atoms with E-state index in [1.54, 1.807) is 37.3 Å². The highest BCUT2D eigenvalue weighted by molar-refractivity contribution is 7.92. The molecule has 0 saturated heterocycles. The quantitative estimate of drug-likeness (QED) is 0.699. The fourth-order valence-corrected chi connectivity index (χ4v) is 3.64. The van der Waals surface area contributed by atoms with Crippen molar-refractivity contribution in [1.82, 2.24) is 15.4 Å². The Balaban J connectivity index is 1.77. The van der Waals surface area contributed by atoms with Crippen LogP contribution in [0.2, 0.25) is 0 Å². The minimum Gasteiger partial charge on any atom is -0.360 e. The van der Waals surface area contributed by atoms with Crippen molar-refractivity contribution in [3.63, 3.8) is 0 Å². The Morgan fingerprint density at radius 3 is 2.46 bits per heavy atom. The minimum atomic E-state index is -3.88. The van der Waals surface area contributed by atoms with Crippen LogP contribution in [0.3, 0.4) is 0 Å². The van der Waals surface area contributed by atoms with Crippen molar-refractivity contribution in [3.05, 3.63) is 53.4 Å². The van der Waals surface area contributed by atoms with Crippen LogP contribution in [-0.2, 0) is 10.0 Å². The van der Waals surface area contributed by atoms with E-state index in [-0.39, 0.29) is 22.2 Å². The molecule has 0 fully saturated rings. The van der Waals surface area contributed by atoms with E-state index in [0.29, 0.717) is 17.1 Å². The normalized spacial score (nSPS) is 11.0. The van der Waals surface area contributed by atoms with Gasteiger partial charge in [0.15, 0.2) is 22.3 Å². The smallest absolute Gasteiger partial charge is 0.268 e. The van der Waals surface area contributed by atoms with E-state index < -0.39 is 10.0 Å². The number of nitriles is 1. The summed E-state index contributed by atoms with van der Waals surface area (Å²) in [5.74, 6) is 0.653. The minimum absolute atomic E-state index is 0.0187. The van der Waals surface area contributed by atoms with Crippen LogP contribution < -0.4 is 10.0 Å². The Labute approximate surface area is 149 Å². The molecule has 0 atom stereocenters. The summed E-state index contributed by atoms with van der Waals surface area (Å²) in [5.41, 5.74) is 1.44. The third-order valence-corrected chi connectivity index (χ3v) is 5.00. The van der Waals surface area contributed by atoms with Crippen molar-refractivity contribution < 1.29 is 12.9 Å². The van der Waals surface area contributed by atoms with Gasteiger partial charge in [-0.25, -0.2) is 8.42 Å². The molecule has 2 aromatic heterocycles. The predicted molar refractivity (Wildman–Crippen MR) is 93.3 cm³/mol. The maximum absolute atomic E-state index is 12.4. The number of hydrogen-bond donors (Lipinski definition) is 2. The molecular weight excluding hydrogens is 356 g/mol. The highest BCUT2D eigenvalue weighted by Crippen LogP contribution is 2.22. The van der Waals surface area contributed by atoms with Gasteiger partial charge in [0.05, 0.1) is 11.6 Å². The van der Waals surface area contributed by atoms with E-state index in [0.717, 1.165) is 0 Å². The Morgan fingerprint density at radius 1 is 1.12 bits per heavy atom. The van der Waals surface area contributed by atoms with Crippen LogP contribution in [0.1, 0.15) is 17.0 Å². The van der Waals surface area contributed by atoms with Crippen molar-refractivity contribution in [2.24, 2.45) is 0 Å². The van der Waals surface area contributed by atoms with Gasteiger partial charge in [-0.3, -0.25) is 4.72 Å². The Hall–Kier alpha value is -3.45. The maximum Gasteiger partial charge on any atom is 0.268 e. The van der Waals surface area contributed by atoms with Gasteiger partial charge in [-0.1, -0.05) is 11.2 Å². The summed E-state index contributed by atoms with van der Waals surface area (Å²) in [6, 6.07) is 11.9. The summed E-state index contributed by atoms with van der Waals surface area (Å²) in [7, 11) is -3.88. The molecule has 0 unspecified atom stereocenters. The molecule has 1 aromatic carbocycles. The van der Waals surface area contributed by atoms with Gasteiger partial charge in [-0.05, 0) is 44.2 Å². The van der Waals surface area contributed by atoms with E-state index in [4.69, 9.17) is 9.78 Å². The Morgan fingerprint density at radius 2 is 1.85 bits per heavy atom. The number of anilines is 3. The van der Waals surface area contributed by atoms with E-state index in [1.165, 1.54) is 13.0 Å². The zero-order valence-electron chi connectivity index (χ0n) is 13.9. The molecule has 3 rings (SSSR count). The first kappa shape index (κ1) is 17.4.